The van der Waals surface area contributed by atoms with Gasteiger partial charge in [0.05, 0.1) is 11.1 Å². The normalized spacial score (nSPS) is 14.5. The molecule has 3 aromatic rings. The molecule has 0 unspecified atom stereocenters. The maximum atomic E-state index is 12.5. The van der Waals surface area contributed by atoms with Crippen molar-refractivity contribution in [3.63, 3.8) is 0 Å². The summed E-state index contributed by atoms with van der Waals surface area (Å²) in [4.78, 5) is 17.2. The lowest BCUT2D eigenvalue weighted by atomic mass is 10.0. The number of benzene rings is 2. The molecule has 0 radical (unpaired) electrons. The number of aromatic nitrogens is 1. The summed E-state index contributed by atoms with van der Waals surface area (Å²) < 4.78 is 17.1. The molecular formula is C22H23NO3S. The quantitative estimate of drug-likeness (QED) is 0.592. The maximum absolute atomic E-state index is 12.5. The molecule has 0 saturated carbocycles. The fourth-order valence-electron chi connectivity index (χ4n) is 2.94. The van der Waals surface area contributed by atoms with E-state index in [2.05, 4.69) is 0 Å². The summed E-state index contributed by atoms with van der Waals surface area (Å²) in [6, 6.07) is 19.1. The zero-order valence-corrected chi connectivity index (χ0v) is 16.5. The smallest absolute Gasteiger partial charge is 0.338 e. The Morgan fingerprint density at radius 2 is 1.85 bits per heavy atom. The molecule has 4 nitrogen and oxygen atoms in total. The van der Waals surface area contributed by atoms with E-state index < -0.39 is 10.8 Å². The first-order chi connectivity index (χ1) is 12.9. The number of para-hydroxylation sites is 1. The Morgan fingerprint density at radius 3 is 2.63 bits per heavy atom. The molecule has 0 aliphatic heterocycles. The average Bonchev–Trinajstić information content (AvgIpc) is 2.66. The molecule has 0 fully saturated rings. The van der Waals surface area contributed by atoms with Crippen LogP contribution in [0, 0.1) is 0 Å². The Morgan fingerprint density at radius 1 is 1.07 bits per heavy atom. The Bertz CT molecular complexity index is 986. The third-order valence-electron chi connectivity index (χ3n) is 4.62. The summed E-state index contributed by atoms with van der Waals surface area (Å²) in [5.74, 6) is 0.0115. The Balaban J connectivity index is 1.72. The fraction of sp³-hybridized carbons (Fsp3) is 0.273. The SMILES string of the molecule is C[C@H](OC(=O)c1cccc(C[S@@](C)=O)c1)[C@H](C)c1ccc2ccccc2n1. The molecule has 0 aliphatic rings. The predicted molar refractivity (Wildman–Crippen MR) is 109 cm³/mol. The highest BCUT2D eigenvalue weighted by atomic mass is 32.2. The van der Waals surface area contributed by atoms with E-state index in [4.69, 9.17) is 9.72 Å². The molecule has 140 valence electrons. The van der Waals surface area contributed by atoms with Gasteiger partial charge in [-0.15, -0.1) is 0 Å². The van der Waals surface area contributed by atoms with Crippen LogP contribution in [0.5, 0.6) is 0 Å². The van der Waals surface area contributed by atoms with Crippen LogP contribution >= 0.6 is 0 Å². The Labute approximate surface area is 162 Å². The van der Waals surface area contributed by atoms with E-state index in [0.29, 0.717) is 11.3 Å². The molecule has 3 rings (SSSR count). The standard InChI is InChI=1S/C22H23NO3S/c1-15(20-12-11-18-8-4-5-10-21(18)23-20)16(2)26-22(24)19-9-6-7-17(13-19)14-27(3)25/h4-13,15-16H,14H2,1-3H3/t15-,16-,27+/m0/s1. The monoisotopic (exact) mass is 381 g/mol. The number of nitrogens with zero attached hydrogens (tertiary/aromatic N) is 1. The molecule has 2 aromatic carbocycles. The molecule has 0 spiro atoms. The number of ether oxygens (including phenoxy) is 1. The van der Waals surface area contributed by atoms with Gasteiger partial charge in [-0.2, -0.15) is 0 Å². The molecule has 0 saturated heterocycles. The van der Waals surface area contributed by atoms with Crippen molar-refractivity contribution in [1.82, 2.24) is 4.98 Å². The average molecular weight is 381 g/mol. The number of fused-ring (bicyclic) bond motifs is 1. The van der Waals surface area contributed by atoms with Crippen LogP contribution < -0.4 is 0 Å². The fourth-order valence-corrected chi connectivity index (χ4v) is 3.59. The minimum absolute atomic E-state index is 0.0371. The zero-order valence-electron chi connectivity index (χ0n) is 15.7. The van der Waals surface area contributed by atoms with Gasteiger partial charge in [-0.05, 0) is 36.8 Å². The molecule has 5 heteroatoms. The van der Waals surface area contributed by atoms with E-state index in [1.54, 1.807) is 24.5 Å². The number of carbonyl (C=O) groups is 1. The number of rotatable bonds is 6. The lowest BCUT2D eigenvalue weighted by Gasteiger charge is -2.20. The van der Waals surface area contributed by atoms with E-state index in [0.717, 1.165) is 22.2 Å². The second-order valence-corrected chi connectivity index (χ2v) is 8.18. The molecule has 27 heavy (non-hydrogen) atoms. The molecule has 0 amide bonds. The van der Waals surface area contributed by atoms with Crippen molar-refractivity contribution >= 4 is 27.7 Å². The summed E-state index contributed by atoms with van der Waals surface area (Å²) in [6.45, 7) is 3.89. The first kappa shape index (κ1) is 19.2. The topological polar surface area (TPSA) is 56.3 Å². The Hall–Kier alpha value is -2.53. The van der Waals surface area contributed by atoms with E-state index in [1.165, 1.54) is 0 Å². The van der Waals surface area contributed by atoms with Gasteiger partial charge in [-0.25, -0.2) is 4.79 Å². The lowest BCUT2D eigenvalue weighted by molar-refractivity contribution is 0.0290. The van der Waals surface area contributed by atoms with Gasteiger partial charge in [-0.3, -0.25) is 9.19 Å². The van der Waals surface area contributed by atoms with Gasteiger partial charge in [0.15, 0.2) is 0 Å². The molecule has 0 bridgehead atoms. The van der Waals surface area contributed by atoms with Crippen LogP contribution in [-0.2, 0) is 21.3 Å². The number of hydrogen-bond acceptors (Lipinski definition) is 4. The maximum Gasteiger partial charge on any atom is 0.338 e. The highest BCUT2D eigenvalue weighted by Gasteiger charge is 2.21. The van der Waals surface area contributed by atoms with Crippen LogP contribution in [-0.4, -0.2) is 27.5 Å². The first-order valence-corrected chi connectivity index (χ1v) is 10.6. The Kier molecular flexibility index (Phi) is 6.01. The van der Waals surface area contributed by atoms with Crippen LogP contribution in [0.15, 0.2) is 60.7 Å². The van der Waals surface area contributed by atoms with Gasteiger partial charge in [0.1, 0.15) is 6.10 Å². The van der Waals surface area contributed by atoms with Crippen molar-refractivity contribution in [2.24, 2.45) is 0 Å². The van der Waals surface area contributed by atoms with Crippen LogP contribution in [0.2, 0.25) is 0 Å². The number of hydrogen-bond donors (Lipinski definition) is 0. The van der Waals surface area contributed by atoms with E-state index in [1.807, 2.05) is 56.3 Å². The van der Waals surface area contributed by atoms with Gasteiger partial charge < -0.3 is 4.74 Å². The highest BCUT2D eigenvalue weighted by Crippen LogP contribution is 2.23. The molecule has 0 N–H and O–H groups in total. The van der Waals surface area contributed by atoms with Gasteiger partial charge in [0, 0.05) is 39.8 Å². The molecule has 0 aliphatic carbocycles. The largest absolute Gasteiger partial charge is 0.458 e. The number of pyridine rings is 1. The van der Waals surface area contributed by atoms with Crippen molar-refractivity contribution < 1.29 is 13.7 Å². The summed E-state index contributed by atoms with van der Waals surface area (Å²) in [5, 5.41) is 1.09. The van der Waals surface area contributed by atoms with Gasteiger partial charge in [-0.1, -0.05) is 43.3 Å². The van der Waals surface area contributed by atoms with Gasteiger partial charge >= 0.3 is 5.97 Å². The predicted octanol–water partition coefficient (Wildman–Crippen LogP) is 4.46. The van der Waals surface area contributed by atoms with Gasteiger partial charge in [0.25, 0.3) is 0 Å². The summed E-state index contributed by atoms with van der Waals surface area (Å²) in [5.41, 5.74) is 3.16. The van der Waals surface area contributed by atoms with E-state index >= 15 is 0 Å². The van der Waals surface area contributed by atoms with Crippen LogP contribution in [0.25, 0.3) is 10.9 Å². The third kappa shape index (κ3) is 4.80. The minimum atomic E-state index is -0.953. The van der Waals surface area contributed by atoms with Crippen molar-refractivity contribution in [2.75, 3.05) is 6.26 Å². The number of carbonyl (C=O) groups excluding carboxylic acids is 1. The highest BCUT2D eigenvalue weighted by molar-refractivity contribution is 7.83. The van der Waals surface area contributed by atoms with Crippen molar-refractivity contribution in [2.45, 2.75) is 31.6 Å². The summed E-state index contributed by atoms with van der Waals surface area (Å²) in [7, 11) is -0.953. The second kappa shape index (κ2) is 8.44. The second-order valence-electron chi connectivity index (χ2n) is 6.75. The summed E-state index contributed by atoms with van der Waals surface area (Å²) in [6.07, 6.45) is 1.32. The number of esters is 1. The van der Waals surface area contributed by atoms with Gasteiger partial charge in [0.2, 0.25) is 0 Å². The summed E-state index contributed by atoms with van der Waals surface area (Å²) >= 11 is 0. The third-order valence-corrected chi connectivity index (χ3v) is 5.36. The van der Waals surface area contributed by atoms with Crippen LogP contribution in [0.3, 0.4) is 0 Å². The molecule has 1 aromatic heterocycles. The van der Waals surface area contributed by atoms with E-state index in [-0.39, 0.29) is 18.0 Å². The molecule has 1 heterocycles. The minimum Gasteiger partial charge on any atom is -0.458 e. The van der Waals surface area contributed by atoms with Crippen molar-refractivity contribution in [1.29, 1.82) is 0 Å². The molecule has 3 atom stereocenters. The zero-order chi connectivity index (χ0) is 19.4. The first-order valence-electron chi connectivity index (χ1n) is 8.89. The molecular weight excluding hydrogens is 358 g/mol. The van der Waals surface area contributed by atoms with Crippen molar-refractivity contribution in [3.05, 3.63) is 77.5 Å². The lowest BCUT2D eigenvalue weighted by Crippen LogP contribution is -2.21. The van der Waals surface area contributed by atoms with Crippen molar-refractivity contribution in [3.8, 4) is 0 Å². The van der Waals surface area contributed by atoms with Crippen LogP contribution in [0.4, 0.5) is 0 Å². The van der Waals surface area contributed by atoms with Crippen LogP contribution in [0.1, 0.15) is 41.4 Å². The van der Waals surface area contributed by atoms with E-state index in [9.17, 15) is 9.00 Å².